The van der Waals surface area contributed by atoms with E-state index >= 15 is 0 Å². The highest BCUT2D eigenvalue weighted by Gasteiger charge is 2.17. The largest absolute Gasteiger partial charge is 0.502 e. The number of aromatic nitrogens is 1. The van der Waals surface area contributed by atoms with Crippen molar-refractivity contribution in [3.63, 3.8) is 0 Å². The zero-order valence-corrected chi connectivity index (χ0v) is 18.2. The van der Waals surface area contributed by atoms with E-state index in [2.05, 4.69) is 16.6 Å². The van der Waals surface area contributed by atoms with Crippen molar-refractivity contribution in [2.75, 3.05) is 0 Å². The maximum Gasteiger partial charge on any atom is 0.162 e. The molecular weight excluding hydrogens is 425 g/mol. The number of nitrogens with zero attached hydrogens (tertiary/aromatic N) is 2. The van der Waals surface area contributed by atoms with Gasteiger partial charge in [0, 0.05) is 24.4 Å². The van der Waals surface area contributed by atoms with Crippen LogP contribution in [-0.4, -0.2) is 26.5 Å². The van der Waals surface area contributed by atoms with Crippen LogP contribution < -0.4 is 5.73 Å². The van der Waals surface area contributed by atoms with Crippen LogP contribution in [0.2, 0.25) is 5.02 Å². The Hall–Kier alpha value is -2.61. The van der Waals surface area contributed by atoms with Gasteiger partial charge in [0.25, 0.3) is 0 Å². The maximum absolute atomic E-state index is 13.3. The first-order valence-electron chi connectivity index (χ1n) is 8.95. The number of hydrogen-bond acceptors (Lipinski definition) is 6. The molecule has 30 heavy (non-hydrogen) atoms. The quantitative estimate of drug-likeness (QED) is 0.294. The fraction of sp³-hybridized carbons (Fsp3) is 0.182. The van der Waals surface area contributed by atoms with E-state index in [1.54, 1.807) is 24.3 Å². The molecule has 0 radical (unpaired) electrons. The number of aliphatic imine (C=N–C) groups is 1. The third kappa shape index (κ3) is 7.02. The Kier molecular flexibility index (Phi) is 8.23. The minimum atomic E-state index is -1.25. The number of allylic oxidation sites excluding steroid dienone is 2. The molecule has 0 aliphatic carbocycles. The highest BCUT2D eigenvalue weighted by Crippen LogP contribution is 2.28. The number of hydrogen-bond donors (Lipinski definition) is 3. The van der Waals surface area contributed by atoms with Gasteiger partial charge >= 0.3 is 0 Å². The normalized spacial score (nSPS) is 13.8. The summed E-state index contributed by atoms with van der Waals surface area (Å²) < 4.78 is 13.3. The highest BCUT2D eigenvalue weighted by atomic mass is 35.5. The number of aliphatic hydroxyl groups excluding tert-OH is 1. The summed E-state index contributed by atoms with van der Waals surface area (Å²) in [7, 11) is 0. The Balaban J connectivity index is 2.48. The van der Waals surface area contributed by atoms with Gasteiger partial charge in [-0.15, -0.1) is 0 Å². The van der Waals surface area contributed by atoms with Crippen LogP contribution in [0.15, 0.2) is 87.8 Å². The Morgan fingerprint density at radius 2 is 1.97 bits per heavy atom. The van der Waals surface area contributed by atoms with Gasteiger partial charge in [-0.25, -0.2) is 9.37 Å². The van der Waals surface area contributed by atoms with Crippen LogP contribution in [0, 0.1) is 5.82 Å². The lowest BCUT2D eigenvalue weighted by atomic mass is 10.0. The topological polar surface area (TPSA) is 91.7 Å². The van der Waals surface area contributed by atoms with Crippen molar-refractivity contribution in [2.45, 2.75) is 30.9 Å². The molecule has 0 saturated heterocycles. The Labute approximate surface area is 184 Å². The smallest absolute Gasteiger partial charge is 0.162 e. The molecule has 158 valence electrons. The second kappa shape index (κ2) is 10.4. The van der Waals surface area contributed by atoms with E-state index in [1.807, 2.05) is 0 Å². The van der Waals surface area contributed by atoms with Gasteiger partial charge < -0.3 is 15.9 Å². The van der Waals surface area contributed by atoms with Crippen molar-refractivity contribution in [1.29, 1.82) is 0 Å². The SMILES string of the molecule is C=C/C(=N\C=C(/N)C(C)(C)O)C(Cc1ccc(F)cc1)=C(O)Sc1ccc(Cl)cn1. The van der Waals surface area contributed by atoms with Gasteiger partial charge in [-0.3, -0.25) is 4.99 Å². The van der Waals surface area contributed by atoms with E-state index in [9.17, 15) is 14.6 Å². The predicted molar refractivity (Wildman–Crippen MR) is 121 cm³/mol. The summed E-state index contributed by atoms with van der Waals surface area (Å²) in [5.41, 5.74) is 6.31. The van der Waals surface area contributed by atoms with Crippen LogP contribution in [-0.2, 0) is 6.42 Å². The van der Waals surface area contributed by atoms with Gasteiger partial charge in [0.2, 0.25) is 0 Å². The molecule has 0 atom stereocenters. The summed E-state index contributed by atoms with van der Waals surface area (Å²) in [4.78, 5) is 8.47. The molecule has 0 spiro atoms. The fourth-order valence-electron chi connectivity index (χ4n) is 2.22. The van der Waals surface area contributed by atoms with Gasteiger partial charge in [-0.2, -0.15) is 0 Å². The first-order valence-corrected chi connectivity index (χ1v) is 10.1. The molecule has 8 heteroatoms. The van der Waals surface area contributed by atoms with Crippen LogP contribution in [0.25, 0.3) is 0 Å². The van der Waals surface area contributed by atoms with Gasteiger partial charge in [-0.05, 0) is 61.5 Å². The van der Waals surface area contributed by atoms with E-state index < -0.39 is 5.60 Å². The first-order chi connectivity index (χ1) is 14.1. The summed E-state index contributed by atoms with van der Waals surface area (Å²) in [6, 6.07) is 9.27. The van der Waals surface area contributed by atoms with Crippen molar-refractivity contribution in [3.05, 3.63) is 94.2 Å². The number of pyridine rings is 1. The summed E-state index contributed by atoms with van der Waals surface area (Å²) in [5.74, 6) is -0.355. The standard InChI is InChI=1S/C22H23ClFN3O2S/c1-4-18(26-13-19(25)22(2,3)29)17(11-14-5-8-16(24)9-6-14)21(28)30-20-10-7-15(23)12-27-20/h4-10,12-13,28-29H,1,11,25H2,2-3H3/b19-13-,21-17?,26-18+. The number of rotatable bonds is 8. The average molecular weight is 448 g/mol. The van der Waals surface area contributed by atoms with Crippen molar-refractivity contribution in [3.8, 4) is 0 Å². The lowest BCUT2D eigenvalue weighted by Crippen LogP contribution is -2.27. The van der Waals surface area contributed by atoms with Crippen LogP contribution in [0.3, 0.4) is 0 Å². The molecule has 0 bridgehead atoms. The summed E-state index contributed by atoms with van der Waals surface area (Å²) >= 11 is 6.89. The van der Waals surface area contributed by atoms with Crippen LogP contribution in [0.5, 0.6) is 0 Å². The van der Waals surface area contributed by atoms with E-state index in [1.165, 1.54) is 44.5 Å². The molecule has 0 aliphatic rings. The lowest BCUT2D eigenvalue weighted by Gasteiger charge is -2.17. The Morgan fingerprint density at radius 3 is 2.50 bits per heavy atom. The molecule has 2 rings (SSSR count). The van der Waals surface area contributed by atoms with E-state index in [4.69, 9.17) is 17.3 Å². The first kappa shape index (κ1) is 23.7. The number of thioether (sulfide) groups is 1. The molecule has 1 aromatic heterocycles. The third-order valence-corrected chi connectivity index (χ3v) is 5.12. The van der Waals surface area contributed by atoms with Gasteiger partial charge in [-0.1, -0.05) is 30.3 Å². The number of benzene rings is 1. The lowest BCUT2D eigenvalue weighted by molar-refractivity contribution is 0.118. The summed E-state index contributed by atoms with van der Waals surface area (Å²) in [5, 5.41) is 21.8. The monoisotopic (exact) mass is 447 g/mol. The molecule has 2 aromatic rings. The predicted octanol–water partition coefficient (Wildman–Crippen LogP) is 5.18. The minimum Gasteiger partial charge on any atom is -0.502 e. The molecule has 0 aliphatic heterocycles. The van der Waals surface area contributed by atoms with Gasteiger partial charge in [0.1, 0.15) is 10.8 Å². The molecule has 0 amide bonds. The summed E-state index contributed by atoms with van der Waals surface area (Å²) in [6.45, 7) is 6.84. The fourth-order valence-corrected chi connectivity index (χ4v) is 3.07. The van der Waals surface area contributed by atoms with E-state index in [0.29, 0.717) is 21.3 Å². The third-order valence-electron chi connectivity index (χ3n) is 4.01. The van der Waals surface area contributed by atoms with E-state index in [0.717, 1.165) is 17.3 Å². The van der Waals surface area contributed by atoms with Crippen molar-refractivity contribution < 1.29 is 14.6 Å². The van der Waals surface area contributed by atoms with Gasteiger partial charge in [0.15, 0.2) is 5.09 Å². The van der Waals surface area contributed by atoms with Crippen molar-refractivity contribution in [2.24, 2.45) is 10.7 Å². The second-order valence-electron chi connectivity index (χ2n) is 6.87. The Morgan fingerprint density at radius 1 is 1.30 bits per heavy atom. The molecule has 0 saturated carbocycles. The summed E-state index contributed by atoms with van der Waals surface area (Å²) in [6.07, 6.45) is 4.53. The molecular formula is C22H23ClFN3O2S. The number of nitrogens with two attached hydrogens (primary N) is 1. The van der Waals surface area contributed by atoms with Crippen LogP contribution in [0.1, 0.15) is 19.4 Å². The molecule has 1 heterocycles. The molecule has 4 N–H and O–H groups in total. The molecule has 1 aromatic carbocycles. The average Bonchev–Trinajstić information content (AvgIpc) is 2.69. The van der Waals surface area contributed by atoms with E-state index in [-0.39, 0.29) is 23.0 Å². The zero-order valence-electron chi connectivity index (χ0n) is 16.6. The molecule has 5 nitrogen and oxygen atoms in total. The van der Waals surface area contributed by atoms with Gasteiger partial charge in [0.05, 0.1) is 22.0 Å². The van der Waals surface area contributed by atoms with Crippen molar-refractivity contribution >= 4 is 29.1 Å². The maximum atomic E-state index is 13.3. The number of aliphatic hydroxyl groups is 2. The zero-order chi connectivity index (χ0) is 22.3. The van der Waals surface area contributed by atoms with Crippen LogP contribution in [0.4, 0.5) is 4.39 Å². The van der Waals surface area contributed by atoms with Crippen molar-refractivity contribution in [1.82, 2.24) is 4.98 Å². The number of halogens is 2. The second-order valence-corrected chi connectivity index (χ2v) is 8.31. The minimum absolute atomic E-state index is 0.0528. The molecule has 0 unspecified atom stereocenters. The Bertz CT molecular complexity index is 979. The highest BCUT2D eigenvalue weighted by molar-refractivity contribution is 8.02. The molecule has 0 fully saturated rings. The van der Waals surface area contributed by atoms with Crippen LogP contribution >= 0.6 is 23.4 Å².